The molecule has 2 aromatic rings. The summed E-state index contributed by atoms with van der Waals surface area (Å²) < 4.78 is 33.0. The average molecular weight is 417 g/mol. The van der Waals surface area contributed by atoms with Crippen molar-refractivity contribution in [1.82, 2.24) is 4.31 Å². The third-order valence-electron chi connectivity index (χ3n) is 5.25. The third-order valence-corrected chi connectivity index (χ3v) is 7.14. The minimum absolute atomic E-state index is 0.164. The van der Waals surface area contributed by atoms with Crippen molar-refractivity contribution in [1.29, 1.82) is 0 Å². The Hall–Kier alpha value is -2.38. The van der Waals surface area contributed by atoms with Gasteiger partial charge in [0.15, 0.2) is 0 Å². The Morgan fingerprint density at radius 1 is 1.03 bits per heavy atom. The fraction of sp³-hybridized carbons (Fsp3) is 0.409. The second kappa shape index (κ2) is 9.41. The molecule has 0 saturated carbocycles. The monoisotopic (exact) mass is 416 g/mol. The van der Waals surface area contributed by atoms with Crippen molar-refractivity contribution in [3.8, 4) is 5.75 Å². The molecule has 6 nitrogen and oxygen atoms in total. The Kier molecular flexibility index (Phi) is 6.92. The van der Waals surface area contributed by atoms with Crippen molar-refractivity contribution in [3.63, 3.8) is 0 Å². The minimum atomic E-state index is -3.62. The molecule has 1 aliphatic rings. The summed E-state index contributed by atoms with van der Waals surface area (Å²) in [4.78, 5) is 12.8. The lowest BCUT2D eigenvalue weighted by Crippen LogP contribution is -2.32. The van der Waals surface area contributed by atoms with Gasteiger partial charge in [-0.3, -0.25) is 4.79 Å². The molecule has 0 spiro atoms. The second-order valence-corrected chi connectivity index (χ2v) is 9.12. The van der Waals surface area contributed by atoms with Gasteiger partial charge in [0.05, 0.1) is 17.7 Å². The van der Waals surface area contributed by atoms with Gasteiger partial charge in [0.25, 0.3) is 5.91 Å². The molecule has 2 aromatic carbocycles. The Morgan fingerprint density at radius 2 is 1.69 bits per heavy atom. The number of benzene rings is 2. The SMILES string of the molecule is CCc1ccc(C(=O)Nc2cc(S(=O)(=O)N3CCCCCC3)ccc2OC)cc1. The van der Waals surface area contributed by atoms with Crippen molar-refractivity contribution in [2.24, 2.45) is 0 Å². The number of rotatable bonds is 6. The number of aryl methyl sites for hydroxylation is 1. The Balaban J connectivity index is 1.87. The maximum atomic E-state index is 13.1. The van der Waals surface area contributed by atoms with E-state index in [1.54, 1.807) is 18.2 Å². The van der Waals surface area contributed by atoms with Crippen molar-refractivity contribution in [2.75, 3.05) is 25.5 Å². The van der Waals surface area contributed by atoms with Crippen LogP contribution in [-0.2, 0) is 16.4 Å². The Labute approximate surface area is 172 Å². The zero-order valence-corrected chi connectivity index (χ0v) is 17.8. The molecule has 0 atom stereocenters. The molecule has 156 valence electrons. The summed E-state index contributed by atoms with van der Waals surface area (Å²) in [7, 11) is -2.13. The lowest BCUT2D eigenvalue weighted by Gasteiger charge is -2.21. The number of sulfonamides is 1. The molecular formula is C22H28N2O4S. The number of nitrogens with zero attached hydrogens (tertiary/aromatic N) is 1. The fourth-order valence-electron chi connectivity index (χ4n) is 3.46. The van der Waals surface area contributed by atoms with E-state index in [1.807, 2.05) is 12.1 Å². The molecule has 1 saturated heterocycles. The fourth-order valence-corrected chi connectivity index (χ4v) is 5.01. The van der Waals surface area contributed by atoms with Gasteiger partial charge in [-0.1, -0.05) is 31.9 Å². The lowest BCUT2D eigenvalue weighted by atomic mass is 10.1. The molecule has 1 N–H and O–H groups in total. The predicted molar refractivity (Wildman–Crippen MR) is 114 cm³/mol. The van der Waals surface area contributed by atoms with Crippen LogP contribution in [0.15, 0.2) is 47.4 Å². The van der Waals surface area contributed by atoms with E-state index in [9.17, 15) is 13.2 Å². The first kappa shape index (κ1) is 21.3. The number of hydrogen-bond donors (Lipinski definition) is 1. The largest absolute Gasteiger partial charge is 0.495 e. The molecule has 7 heteroatoms. The number of ether oxygens (including phenoxy) is 1. The van der Waals surface area contributed by atoms with Crippen LogP contribution in [0.3, 0.4) is 0 Å². The van der Waals surface area contributed by atoms with Crippen LogP contribution >= 0.6 is 0 Å². The van der Waals surface area contributed by atoms with Crippen LogP contribution < -0.4 is 10.1 Å². The van der Waals surface area contributed by atoms with E-state index < -0.39 is 10.0 Å². The van der Waals surface area contributed by atoms with Gasteiger partial charge in [-0.2, -0.15) is 4.31 Å². The summed E-state index contributed by atoms with van der Waals surface area (Å²) >= 11 is 0. The highest BCUT2D eigenvalue weighted by atomic mass is 32.2. The Bertz CT molecular complexity index is 947. The van der Waals surface area contributed by atoms with Gasteiger partial charge in [-0.15, -0.1) is 0 Å². The van der Waals surface area contributed by atoms with Crippen LogP contribution in [-0.4, -0.2) is 38.8 Å². The summed E-state index contributed by atoms with van der Waals surface area (Å²) in [6, 6.07) is 11.9. The maximum absolute atomic E-state index is 13.1. The quantitative estimate of drug-likeness (QED) is 0.770. The molecule has 0 bridgehead atoms. The topological polar surface area (TPSA) is 75.7 Å². The first-order valence-corrected chi connectivity index (χ1v) is 11.5. The van der Waals surface area contributed by atoms with E-state index in [2.05, 4.69) is 12.2 Å². The van der Waals surface area contributed by atoms with Crippen molar-refractivity contribution in [2.45, 2.75) is 43.9 Å². The van der Waals surface area contributed by atoms with E-state index in [-0.39, 0.29) is 10.8 Å². The van der Waals surface area contributed by atoms with Crippen LogP contribution in [0.5, 0.6) is 5.75 Å². The number of anilines is 1. The van der Waals surface area contributed by atoms with Crippen LogP contribution in [0.1, 0.15) is 48.5 Å². The highest BCUT2D eigenvalue weighted by Gasteiger charge is 2.26. The molecule has 1 aliphatic heterocycles. The molecule has 0 aliphatic carbocycles. The standard InChI is InChI=1S/C22H28N2O4S/c1-3-17-8-10-18(11-9-17)22(25)23-20-16-19(12-13-21(20)28-2)29(26,27)24-14-6-4-5-7-15-24/h8-13,16H,3-7,14-15H2,1-2H3,(H,23,25). The molecular weight excluding hydrogens is 388 g/mol. The predicted octanol–water partition coefficient (Wildman–Crippen LogP) is 4.07. The molecule has 1 heterocycles. The first-order valence-electron chi connectivity index (χ1n) is 10.0. The number of hydrogen-bond acceptors (Lipinski definition) is 4. The number of carbonyl (C=O) groups is 1. The van der Waals surface area contributed by atoms with Crippen LogP contribution in [0.4, 0.5) is 5.69 Å². The van der Waals surface area contributed by atoms with E-state index in [4.69, 9.17) is 4.74 Å². The van der Waals surface area contributed by atoms with Crippen LogP contribution in [0.2, 0.25) is 0 Å². The smallest absolute Gasteiger partial charge is 0.255 e. The zero-order chi connectivity index (χ0) is 20.9. The highest BCUT2D eigenvalue weighted by Crippen LogP contribution is 2.30. The molecule has 3 rings (SSSR count). The zero-order valence-electron chi connectivity index (χ0n) is 17.0. The van der Waals surface area contributed by atoms with E-state index in [1.165, 1.54) is 23.5 Å². The number of nitrogens with one attached hydrogen (secondary N) is 1. The summed E-state index contributed by atoms with van der Waals surface area (Å²) in [6.07, 6.45) is 4.73. The van der Waals surface area contributed by atoms with Gasteiger partial charge in [0.1, 0.15) is 5.75 Å². The number of amides is 1. The maximum Gasteiger partial charge on any atom is 0.255 e. The van der Waals surface area contributed by atoms with Gasteiger partial charge in [-0.25, -0.2) is 8.42 Å². The average Bonchev–Trinajstić information content (AvgIpc) is 3.04. The van der Waals surface area contributed by atoms with Crippen molar-refractivity contribution >= 4 is 21.6 Å². The van der Waals surface area contributed by atoms with Gasteiger partial charge in [0.2, 0.25) is 10.0 Å². The lowest BCUT2D eigenvalue weighted by molar-refractivity contribution is 0.102. The van der Waals surface area contributed by atoms with Gasteiger partial charge in [-0.05, 0) is 55.2 Å². The van der Waals surface area contributed by atoms with E-state index >= 15 is 0 Å². The van der Waals surface area contributed by atoms with Gasteiger partial charge < -0.3 is 10.1 Å². The summed E-state index contributed by atoms with van der Waals surface area (Å²) in [5.41, 5.74) is 1.99. The minimum Gasteiger partial charge on any atom is -0.495 e. The summed E-state index contributed by atoms with van der Waals surface area (Å²) in [6.45, 7) is 3.11. The first-order chi connectivity index (χ1) is 14.0. The van der Waals surface area contributed by atoms with Crippen LogP contribution in [0.25, 0.3) is 0 Å². The van der Waals surface area contributed by atoms with Crippen molar-refractivity contribution < 1.29 is 17.9 Å². The number of carbonyl (C=O) groups excluding carboxylic acids is 1. The third kappa shape index (κ3) is 4.97. The van der Waals surface area contributed by atoms with Gasteiger partial charge >= 0.3 is 0 Å². The molecule has 0 radical (unpaired) electrons. The number of methoxy groups -OCH3 is 1. The normalized spacial score (nSPS) is 15.5. The molecule has 0 aromatic heterocycles. The highest BCUT2D eigenvalue weighted by molar-refractivity contribution is 7.89. The van der Waals surface area contributed by atoms with E-state index in [0.29, 0.717) is 30.1 Å². The Morgan fingerprint density at radius 3 is 2.28 bits per heavy atom. The summed E-state index contributed by atoms with van der Waals surface area (Å²) in [5, 5.41) is 2.80. The van der Waals surface area contributed by atoms with Crippen molar-refractivity contribution in [3.05, 3.63) is 53.6 Å². The molecule has 29 heavy (non-hydrogen) atoms. The summed E-state index contributed by atoms with van der Waals surface area (Å²) in [5.74, 6) is 0.105. The van der Waals surface area contributed by atoms with E-state index in [0.717, 1.165) is 37.7 Å². The molecule has 1 fully saturated rings. The van der Waals surface area contributed by atoms with Crippen LogP contribution in [0, 0.1) is 0 Å². The molecule has 1 amide bonds. The molecule has 0 unspecified atom stereocenters. The second-order valence-electron chi connectivity index (χ2n) is 7.18. The van der Waals surface area contributed by atoms with Gasteiger partial charge in [0, 0.05) is 18.7 Å².